The Morgan fingerprint density at radius 2 is 1.85 bits per heavy atom. The third kappa shape index (κ3) is 4.91. The topological polar surface area (TPSA) is 103 Å². The minimum Gasteiger partial charge on any atom is -0.484 e. The van der Waals surface area contributed by atoms with Crippen LogP contribution in [0, 0.1) is 5.41 Å². The largest absolute Gasteiger partial charge is 0.484 e. The van der Waals surface area contributed by atoms with Gasteiger partial charge in [-0.05, 0) is 38.1 Å². The lowest BCUT2D eigenvalue weighted by Crippen LogP contribution is -2.74. The van der Waals surface area contributed by atoms with Gasteiger partial charge < -0.3 is 25.8 Å². The zero-order chi connectivity index (χ0) is 19.4. The molecule has 4 N–H and O–H groups in total. The quantitative estimate of drug-likeness (QED) is 0.621. The summed E-state index contributed by atoms with van der Waals surface area (Å²) in [6, 6.07) is 6.85. The van der Waals surface area contributed by atoms with Crippen LogP contribution in [0.4, 0.5) is 5.69 Å². The molecule has 0 radical (unpaired) electrons. The predicted octanol–water partition coefficient (Wildman–Crippen LogP) is 2.09. The highest BCUT2D eigenvalue weighted by atomic mass is 35.5. The van der Waals surface area contributed by atoms with Crippen molar-refractivity contribution in [2.75, 3.05) is 25.1 Å². The lowest BCUT2D eigenvalue weighted by atomic mass is 9.54. The number of benzene rings is 1. The molecule has 1 saturated carbocycles. The van der Waals surface area contributed by atoms with Gasteiger partial charge in [-0.2, -0.15) is 0 Å². The Morgan fingerprint density at radius 3 is 2.37 bits per heavy atom. The van der Waals surface area contributed by atoms with E-state index in [0.717, 1.165) is 0 Å². The molecule has 2 amide bonds. The van der Waals surface area contributed by atoms with E-state index in [-0.39, 0.29) is 36.9 Å². The van der Waals surface area contributed by atoms with Crippen molar-refractivity contribution in [3.05, 3.63) is 24.3 Å². The smallest absolute Gasteiger partial charge is 0.257 e. The third-order valence-corrected chi connectivity index (χ3v) is 5.09. The molecule has 2 unspecified atom stereocenters. The normalized spacial score (nSPS) is 22.8. The number of nitrogens with two attached hydrogens (primary N) is 1. The molecule has 0 saturated heterocycles. The van der Waals surface area contributed by atoms with Gasteiger partial charge >= 0.3 is 0 Å². The first-order chi connectivity index (χ1) is 12.2. The molecule has 0 bridgehead atoms. The Kier molecular flexibility index (Phi) is 8.07. The molecule has 1 aliphatic carbocycles. The summed E-state index contributed by atoms with van der Waals surface area (Å²) in [4.78, 5) is 24.1. The van der Waals surface area contributed by atoms with Gasteiger partial charge in [0, 0.05) is 30.7 Å². The van der Waals surface area contributed by atoms with Crippen LogP contribution in [0.2, 0.25) is 0 Å². The van der Waals surface area contributed by atoms with E-state index in [1.165, 1.54) is 0 Å². The second-order valence-electron chi connectivity index (χ2n) is 7.06. The molecule has 1 aromatic carbocycles. The van der Waals surface area contributed by atoms with Crippen molar-refractivity contribution in [3.63, 3.8) is 0 Å². The number of amides is 2. The van der Waals surface area contributed by atoms with Crippen LogP contribution in [0.1, 0.15) is 34.1 Å². The number of carbonyl (C=O) groups excluding carboxylic acids is 2. The molecule has 8 heteroatoms. The van der Waals surface area contributed by atoms with E-state index >= 15 is 0 Å². The summed E-state index contributed by atoms with van der Waals surface area (Å²) >= 11 is 0. The summed E-state index contributed by atoms with van der Waals surface area (Å²) in [5.41, 5.74) is 5.58. The highest BCUT2D eigenvalue weighted by Gasteiger charge is 2.62. The Bertz CT molecular complexity index is 651. The average molecular weight is 400 g/mol. The summed E-state index contributed by atoms with van der Waals surface area (Å²) in [6.45, 7) is 8.81. The summed E-state index contributed by atoms with van der Waals surface area (Å²) in [5.74, 6) is 0.151. The van der Waals surface area contributed by atoms with Gasteiger partial charge in [-0.1, -0.05) is 13.8 Å². The minimum absolute atomic E-state index is 0. The van der Waals surface area contributed by atoms with Crippen molar-refractivity contribution < 1.29 is 19.1 Å². The zero-order valence-electron chi connectivity index (χ0n) is 16.3. The Labute approximate surface area is 166 Å². The lowest BCUT2D eigenvalue weighted by molar-refractivity contribution is -0.166. The van der Waals surface area contributed by atoms with Crippen LogP contribution in [0.25, 0.3) is 0 Å². The Hall–Kier alpha value is -1.83. The first kappa shape index (κ1) is 23.2. The minimum atomic E-state index is -0.972. The van der Waals surface area contributed by atoms with E-state index in [1.54, 1.807) is 24.3 Å². The maximum absolute atomic E-state index is 12.7. The monoisotopic (exact) mass is 399 g/mol. The van der Waals surface area contributed by atoms with Gasteiger partial charge in [-0.25, -0.2) is 0 Å². The lowest BCUT2D eigenvalue weighted by Gasteiger charge is -2.57. The number of ether oxygens (including phenoxy) is 2. The number of carbonyl (C=O) groups is 2. The second kappa shape index (κ2) is 9.39. The van der Waals surface area contributed by atoms with E-state index < -0.39 is 11.0 Å². The molecule has 2 rings (SSSR count). The standard InChI is InChI=1S/C19H29N3O4.ClH/c1-5-21-16(23)12-26-14-9-7-13(8-10-14)22-17(24)19(20)11-15(25-6-2)18(19,3)4;/h7-10,15H,5-6,11-12,20H2,1-4H3,(H,21,23)(H,22,24);1H. The molecule has 152 valence electrons. The van der Waals surface area contributed by atoms with E-state index in [0.29, 0.717) is 31.0 Å². The molecule has 0 aromatic heterocycles. The van der Waals surface area contributed by atoms with Crippen LogP contribution in [0.15, 0.2) is 24.3 Å². The Morgan fingerprint density at radius 1 is 1.22 bits per heavy atom. The fourth-order valence-electron chi connectivity index (χ4n) is 3.09. The van der Waals surface area contributed by atoms with Crippen LogP contribution in [-0.2, 0) is 14.3 Å². The molecule has 1 aliphatic rings. The summed E-state index contributed by atoms with van der Waals surface area (Å²) in [5, 5.41) is 5.52. The maximum atomic E-state index is 12.7. The van der Waals surface area contributed by atoms with E-state index in [4.69, 9.17) is 15.2 Å². The number of anilines is 1. The second-order valence-corrected chi connectivity index (χ2v) is 7.06. The zero-order valence-corrected chi connectivity index (χ0v) is 17.2. The van der Waals surface area contributed by atoms with Crippen LogP contribution in [0.3, 0.4) is 0 Å². The number of hydrogen-bond acceptors (Lipinski definition) is 5. The van der Waals surface area contributed by atoms with Crippen molar-refractivity contribution in [1.82, 2.24) is 5.32 Å². The fraction of sp³-hybridized carbons (Fsp3) is 0.579. The van der Waals surface area contributed by atoms with Crippen LogP contribution in [0.5, 0.6) is 5.75 Å². The summed E-state index contributed by atoms with van der Waals surface area (Å²) < 4.78 is 11.0. The van der Waals surface area contributed by atoms with Crippen molar-refractivity contribution in [1.29, 1.82) is 0 Å². The summed E-state index contributed by atoms with van der Waals surface area (Å²) in [7, 11) is 0. The third-order valence-electron chi connectivity index (χ3n) is 5.09. The average Bonchev–Trinajstić information content (AvgIpc) is 2.61. The number of halogens is 1. The van der Waals surface area contributed by atoms with Crippen molar-refractivity contribution in [3.8, 4) is 5.75 Å². The van der Waals surface area contributed by atoms with Crippen LogP contribution < -0.4 is 21.1 Å². The number of likely N-dealkylation sites (N-methyl/N-ethyl adjacent to an activating group) is 1. The number of hydrogen-bond donors (Lipinski definition) is 3. The van der Waals surface area contributed by atoms with Gasteiger partial charge in [0.05, 0.1) is 6.10 Å². The van der Waals surface area contributed by atoms with Crippen molar-refractivity contribution in [2.45, 2.75) is 45.8 Å². The first-order valence-corrected chi connectivity index (χ1v) is 8.96. The van der Waals surface area contributed by atoms with Gasteiger partial charge in [0.1, 0.15) is 11.3 Å². The van der Waals surface area contributed by atoms with Crippen LogP contribution >= 0.6 is 12.4 Å². The number of rotatable bonds is 8. The van der Waals surface area contributed by atoms with E-state index in [1.807, 2.05) is 27.7 Å². The summed E-state index contributed by atoms with van der Waals surface area (Å²) in [6.07, 6.45) is 0.473. The molecular weight excluding hydrogens is 370 g/mol. The number of nitrogens with one attached hydrogen (secondary N) is 2. The fourth-order valence-corrected chi connectivity index (χ4v) is 3.09. The SMILES string of the molecule is CCNC(=O)COc1ccc(NC(=O)C2(N)CC(OCC)C2(C)C)cc1.Cl. The molecule has 1 aromatic rings. The highest BCUT2D eigenvalue weighted by Crippen LogP contribution is 2.50. The maximum Gasteiger partial charge on any atom is 0.257 e. The molecule has 0 spiro atoms. The van der Waals surface area contributed by atoms with Gasteiger partial charge in [-0.3, -0.25) is 9.59 Å². The predicted molar refractivity (Wildman–Crippen MR) is 107 cm³/mol. The molecule has 0 aliphatic heterocycles. The van der Waals surface area contributed by atoms with Gasteiger partial charge in [-0.15, -0.1) is 12.4 Å². The Balaban J connectivity index is 0.00000364. The highest BCUT2D eigenvalue weighted by molar-refractivity contribution is 5.99. The van der Waals surface area contributed by atoms with E-state index in [2.05, 4.69) is 10.6 Å². The van der Waals surface area contributed by atoms with Crippen molar-refractivity contribution >= 4 is 29.9 Å². The van der Waals surface area contributed by atoms with Crippen LogP contribution in [-0.4, -0.2) is 43.2 Å². The molecular formula is C19H30ClN3O4. The van der Waals surface area contributed by atoms with Crippen molar-refractivity contribution in [2.24, 2.45) is 11.1 Å². The molecule has 0 heterocycles. The van der Waals surface area contributed by atoms with E-state index in [9.17, 15) is 9.59 Å². The molecule has 27 heavy (non-hydrogen) atoms. The molecule has 7 nitrogen and oxygen atoms in total. The van der Waals surface area contributed by atoms with Gasteiger partial charge in [0.2, 0.25) is 5.91 Å². The van der Waals surface area contributed by atoms with Gasteiger partial charge in [0.25, 0.3) is 5.91 Å². The molecule has 2 atom stereocenters. The molecule has 1 fully saturated rings. The van der Waals surface area contributed by atoms with Gasteiger partial charge in [0.15, 0.2) is 6.61 Å². The first-order valence-electron chi connectivity index (χ1n) is 8.96.